The summed E-state index contributed by atoms with van der Waals surface area (Å²) in [5, 5.41) is 26.2. The summed E-state index contributed by atoms with van der Waals surface area (Å²) in [6, 6.07) is 10.9. The Balaban J connectivity index is 1.57. The van der Waals surface area contributed by atoms with Crippen molar-refractivity contribution in [1.29, 1.82) is 5.26 Å². The van der Waals surface area contributed by atoms with E-state index in [2.05, 4.69) is 45.9 Å². The molecule has 1 N–H and O–H groups in total. The van der Waals surface area contributed by atoms with Crippen molar-refractivity contribution in [3.63, 3.8) is 0 Å². The molecule has 1 aliphatic heterocycles. The zero-order chi connectivity index (χ0) is 23.4. The van der Waals surface area contributed by atoms with Crippen molar-refractivity contribution in [3.8, 4) is 17.9 Å². The Morgan fingerprint density at radius 2 is 1.82 bits per heavy atom. The number of anilines is 1. The third-order valence-electron chi connectivity index (χ3n) is 7.93. The molecule has 1 saturated carbocycles. The molecular weight excluding hydrogens is 416 g/mol. The second-order valence-corrected chi connectivity index (χ2v) is 9.88. The van der Waals surface area contributed by atoms with Gasteiger partial charge in [0.15, 0.2) is 5.82 Å². The number of aliphatic hydroxyl groups is 1. The van der Waals surface area contributed by atoms with Crippen molar-refractivity contribution < 1.29 is 9.84 Å². The average molecular weight is 447 g/mol. The summed E-state index contributed by atoms with van der Waals surface area (Å²) in [5.74, 6) is 1.53. The summed E-state index contributed by atoms with van der Waals surface area (Å²) < 4.78 is 7.23. The summed E-state index contributed by atoms with van der Waals surface area (Å²) in [6.45, 7) is 7.42. The van der Waals surface area contributed by atoms with E-state index in [0.717, 1.165) is 41.5 Å². The lowest BCUT2D eigenvalue weighted by Crippen LogP contribution is -2.55. The van der Waals surface area contributed by atoms with Gasteiger partial charge in [-0.2, -0.15) is 20.3 Å². The van der Waals surface area contributed by atoms with Gasteiger partial charge in [0.25, 0.3) is 0 Å². The Bertz CT molecular complexity index is 1230. The number of methoxy groups -OCH3 is 1. The highest BCUT2D eigenvalue weighted by Gasteiger charge is 2.41. The Morgan fingerprint density at radius 1 is 1.12 bits per heavy atom. The van der Waals surface area contributed by atoms with Crippen molar-refractivity contribution >= 4 is 16.7 Å². The number of piperidine rings is 1. The van der Waals surface area contributed by atoms with Crippen molar-refractivity contribution in [2.45, 2.75) is 51.0 Å². The summed E-state index contributed by atoms with van der Waals surface area (Å²) in [5.41, 5.74) is 0.828. The minimum atomic E-state index is -0.719. The molecule has 2 aromatic heterocycles. The first kappa shape index (κ1) is 21.7. The van der Waals surface area contributed by atoms with E-state index in [1.165, 1.54) is 0 Å². The molecule has 5 rings (SSSR count). The van der Waals surface area contributed by atoms with Crippen LogP contribution >= 0.6 is 0 Å². The molecule has 8 nitrogen and oxygen atoms in total. The molecule has 2 aliphatic rings. The lowest BCUT2D eigenvalue weighted by Gasteiger charge is -2.46. The number of rotatable bonds is 4. The Kier molecular flexibility index (Phi) is 5.05. The van der Waals surface area contributed by atoms with Crippen LogP contribution in [0.3, 0.4) is 0 Å². The zero-order valence-electron chi connectivity index (χ0n) is 19.6. The highest BCUT2D eigenvalue weighted by Crippen LogP contribution is 2.44. The van der Waals surface area contributed by atoms with Crippen LogP contribution in [-0.4, -0.2) is 50.7 Å². The summed E-state index contributed by atoms with van der Waals surface area (Å²) in [7, 11) is 1.56. The predicted molar refractivity (Wildman–Crippen MR) is 126 cm³/mol. The Hall–Kier alpha value is -3.18. The summed E-state index contributed by atoms with van der Waals surface area (Å²) in [4.78, 5) is 11.4. The smallest absolute Gasteiger partial charge is 0.320 e. The van der Waals surface area contributed by atoms with Gasteiger partial charge in [-0.05, 0) is 37.8 Å². The molecule has 0 amide bonds. The molecule has 8 heteroatoms. The van der Waals surface area contributed by atoms with Gasteiger partial charge >= 0.3 is 6.01 Å². The second kappa shape index (κ2) is 7.70. The van der Waals surface area contributed by atoms with Gasteiger partial charge in [0.05, 0.1) is 35.9 Å². The standard InChI is InChI=1S/C25H30N6O2/c1-16-13-30(14-17(2)24(16,3)32)21-11-22(29-23(28-21)33-4)31-20-10-19(7-6-18(20)12-27-31)25(15-26)8-5-9-25/h6-7,10-12,16-17,32H,5,8-9,13-14H2,1-4H3/t16-,17+,24?. The quantitative estimate of drug-likeness (QED) is 0.653. The van der Waals surface area contributed by atoms with E-state index in [9.17, 15) is 10.4 Å². The van der Waals surface area contributed by atoms with E-state index in [4.69, 9.17) is 4.74 Å². The van der Waals surface area contributed by atoms with Gasteiger partial charge < -0.3 is 14.7 Å². The monoisotopic (exact) mass is 446 g/mol. The fourth-order valence-electron chi connectivity index (χ4n) is 5.03. The molecule has 1 unspecified atom stereocenters. The Morgan fingerprint density at radius 3 is 2.42 bits per heavy atom. The van der Waals surface area contributed by atoms with Gasteiger partial charge in [-0.25, -0.2) is 4.68 Å². The van der Waals surface area contributed by atoms with Gasteiger partial charge in [-0.1, -0.05) is 26.0 Å². The van der Waals surface area contributed by atoms with Gasteiger partial charge in [0, 0.05) is 36.4 Å². The lowest BCUT2D eigenvalue weighted by atomic mass is 9.65. The molecule has 1 aromatic carbocycles. The number of fused-ring (bicyclic) bond motifs is 1. The molecule has 33 heavy (non-hydrogen) atoms. The first-order valence-electron chi connectivity index (χ1n) is 11.6. The molecular formula is C25H30N6O2. The van der Waals surface area contributed by atoms with Crippen LogP contribution in [0.25, 0.3) is 16.7 Å². The molecule has 0 bridgehead atoms. The zero-order valence-corrected chi connectivity index (χ0v) is 19.6. The van der Waals surface area contributed by atoms with E-state index >= 15 is 0 Å². The summed E-state index contributed by atoms with van der Waals surface area (Å²) >= 11 is 0. The fraction of sp³-hybridized carbons (Fsp3) is 0.520. The molecule has 2 fully saturated rings. The van der Waals surface area contributed by atoms with Crippen LogP contribution in [0.5, 0.6) is 6.01 Å². The SMILES string of the molecule is COc1nc(N2C[C@@H](C)C(C)(O)[C@@H](C)C2)cc(-n2ncc3ccc(C4(C#N)CCC4)cc32)n1. The van der Waals surface area contributed by atoms with Crippen LogP contribution in [0, 0.1) is 23.2 Å². The van der Waals surface area contributed by atoms with Crippen LogP contribution in [0.15, 0.2) is 30.5 Å². The largest absolute Gasteiger partial charge is 0.467 e. The van der Waals surface area contributed by atoms with E-state index in [-0.39, 0.29) is 17.8 Å². The first-order chi connectivity index (χ1) is 15.8. The number of nitrogens with zero attached hydrogens (tertiary/aromatic N) is 6. The normalized spacial score (nSPS) is 26.6. The molecule has 3 aromatic rings. The van der Waals surface area contributed by atoms with Gasteiger partial charge in [0.2, 0.25) is 0 Å². The van der Waals surface area contributed by atoms with E-state index in [1.54, 1.807) is 11.8 Å². The van der Waals surface area contributed by atoms with Crippen LogP contribution in [-0.2, 0) is 5.41 Å². The minimum absolute atomic E-state index is 0.0865. The van der Waals surface area contributed by atoms with E-state index in [0.29, 0.717) is 18.9 Å². The molecule has 3 atom stereocenters. The number of ether oxygens (including phenoxy) is 1. The molecule has 0 radical (unpaired) electrons. The molecule has 1 aliphatic carbocycles. The molecule has 1 saturated heterocycles. The van der Waals surface area contributed by atoms with Gasteiger partial charge in [-0.3, -0.25) is 0 Å². The van der Waals surface area contributed by atoms with Crippen LogP contribution in [0.2, 0.25) is 0 Å². The molecule has 3 heterocycles. The lowest BCUT2D eigenvalue weighted by molar-refractivity contribution is -0.0504. The van der Waals surface area contributed by atoms with E-state index < -0.39 is 11.0 Å². The maximum Gasteiger partial charge on any atom is 0.320 e. The van der Waals surface area contributed by atoms with Crippen LogP contribution < -0.4 is 9.64 Å². The highest BCUT2D eigenvalue weighted by atomic mass is 16.5. The number of aromatic nitrogens is 4. The molecule has 172 valence electrons. The third-order valence-corrected chi connectivity index (χ3v) is 7.93. The minimum Gasteiger partial charge on any atom is -0.467 e. The number of benzene rings is 1. The van der Waals surface area contributed by atoms with Crippen molar-refractivity contribution in [2.75, 3.05) is 25.1 Å². The van der Waals surface area contributed by atoms with Gasteiger partial charge in [-0.15, -0.1) is 0 Å². The fourth-order valence-corrected chi connectivity index (χ4v) is 5.03. The maximum absolute atomic E-state index is 10.8. The maximum atomic E-state index is 10.8. The highest BCUT2D eigenvalue weighted by molar-refractivity contribution is 5.81. The second-order valence-electron chi connectivity index (χ2n) is 9.88. The first-order valence-corrected chi connectivity index (χ1v) is 11.6. The number of hydrogen-bond acceptors (Lipinski definition) is 7. The topological polar surface area (TPSA) is 100 Å². The average Bonchev–Trinajstić information content (AvgIpc) is 3.20. The van der Waals surface area contributed by atoms with Gasteiger partial charge in [0.1, 0.15) is 5.82 Å². The number of hydrogen-bond donors (Lipinski definition) is 1. The third kappa shape index (κ3) is 3.42. The Labute approximate surface area is 193 Å². The summed E-state index contributed by atoms with van der Waals surface area (Å²) in [6.07, 6.45) is 4.68. The van der Waals surface area contributed by atoms with Crippen molar-refractivity contribution in [2.24, 2.45) is 11.8 Å². The van der Waals surface area contributed by atoms with Crippen molar-refractivity contribution in [3.05, 3.63) is 36.0 Å². The van der Waals surface area contributed by atoms with Crippen LogP contribution in [0.4, 0.5) is 5.82 Å². The molecule has 0 spiro atoms. The van der Waals surface area contributed by atoms with Crippen molar-refractivity contribution in [1.82, 2.24) is 19.7 Å². The number of nitriles is 1. The van der Waals surface area contributed by atoms with Crippen LogP contribution in [0.1, 0.15) is 45.6 Å². The van der Waals surface area contributed by atoms with E-state index in [1.807, 2.05) is 31.3 Å². The predicted octanol–water partition coefficient (Wildman–Crippen LogP) is 3.61.